The first-order valence-electron chi connectivity index (χ1n) is 4.45. The van der Waals surface area contributed by atoms with Gasteiger partial charge in [0.1, 0.15) is 0 Å². The predicted octanol–water partition coefficient (Wildman–Crippen LogP) is 0.0194. The molecule has 0 aromatic carbocycles. The highest BCUT2D eigenvalue weighted by Crippen LogP contribution is 2.07. The molecule has 1 fully saturated rings. The third-order valence-corrected chi connectivity index (χ3v) is 1.91. The molecule has 76 valence electrons. The lowest BCUT2D eigenvalue weighted by Crippen LogP contribution is -2.44. The lowest BCUT2D eigenvalue weighted by Gasteiger charge is -2.21. The maximum absolute atomic E-state index is 10.4. The molecule has 1 saturated heterocycles. The molecule has 0 aliphatic carbocycles. The van der Waals surface area contributed by atoms with Crippen molar-refractivity contribution in [1.82, 2.24) is 10.6 Å². The highest BCUT2D eigenvalue weighted by atomic mass is 16.5. The van der Waals surface area contributed by atoms with Gasteiger partial charge in [0.25, 0.3) is 0 Å². The Labute approximate surface area is 77.5 Å². The Morgan fingerprint density at radius 2 is 2.31 bits per heavy atom. The van der Waals surface area contributed by atoms with E-state index in [4.69, 9.17) is 9.84 Å². The van der Waals surface area contributed by atoms with Crippen LogP contribution in [0.15, 0.2) is 0 Å². The van der Waals surface area contributed by atoms with Crippen molar-refractivity contribution >= 4 is 6.09 Å². The van der Waals surface area contributed by atoms with Crippen molar-refractivity contribution in [2.45, 2.75) is 32.1 Å². The molecule has 0 radical (unpaired) electrons. The Morgan fingerprint density at radius 3 is 2.85 bits per heavy atom. The molecular weight excluding hydrogens is 172 g/mol. The number of ether oxygens (including phenoxy) is 1. The van der Waals surface area contributed by atoms with E-state index in [2.05, 4.69) is 10.6 Å². The zero-order chi connectivity index (χ0) is 9.84. The Bertz CT molecular complexity index is 184. The van der Waals surface area contributed by atoms with Gasteiger partial charge in [-0.25, -0.2) is 4.79 Å². The van der Waals surface area contributed by atoms with Crippen LogP contribution in [0.1, 0.15) is 13.8 Å². The first kappa shape index (κ1) is 10.3. The summed E-state index contributed by atoms with van der Waals surface area (Å²) >= 11 is 0. The van der Waals surface area contributed by atoms with Crippen LogP contribution in [-0.2, 0) is 4.74 Å². The summed E-state index contributed by atoms with van der Waals surface area (Å²) in [4.78, 5) is 10.4. The van der Waals surface area contributed by atoms with Gasteiger partial charge in [-0.05, 0) is 13.8 Å². The zero-order valence-electron chi connectivity index (χ0n) is 7.91. The van der Waals surface area contributed by atoms with Crippen LogP contribution >= 0.6 is 0 Å². The number of carbonyl (C=O) groups is 1. The van der Waals surface area contributed by atoms with Crippen LogP contribution in [0, 0.1) is 0 Å². The van der Waals surface area contributed by atoms with Crippen molar-refractivity contribution in [3.8, 4) is 0 Å². The van der Waals surface area contributed by atoms with E-state index in [1.54, 1.807) is 0 Å². The third kappa shape index (κ3) is 3.20. The molecule has 0 aromatic heterocycles. The fourth-order valence-corrected chi connectivity index (χ4v) is 1.45. The second kappa shape index (κ2) is 4.43. The fraction of sp³-hybridized carbons (Fsp3) is 0.875. The summed E-state index contributed by atoms with van der Waals surface area (Å²) in [5, 5.41) is 14.0. The normalized spacial score (nSPS) is 27.9. The van der Waals surface area contributed by atoms with Crippen LogP contribution in [-0.4, -0.2) is 42.5 Å². The van der Waals surface area contributed by atoms with Gasteiger partial charge >= 0.3 is 6.09 Å². The van der Waals surface area contributed by atoms with Gasteiger partial charge in [-0.3, -0.25) is 0 Å². The van der Waals surface area contributed by atoms with Gasteiger partial charge in [0.05, 0.1) is 18.2 Å². The Morgan fingerprint density at radius 1 is 1.62 bits per heavy atom. The minimum Gasteiger partial charge on any atom is -0.465 e. The SMILES string of the molecule is CC(C)O[C@H]1CNC[C@@H]1NC(=O)O. The van der Waals surface area contributed by atoms with E-state index in [0.29, 0.717) is 13.1 Å². The molecule has 5 nitrogen and oxygen atoms in total. The molecule has 0 saturated carbocycles. The average molecular weight is 188 g/mol. The highest BCUT2D eigenvalue weighted by molar-refractivity contribution is 5.65. The van der Waals surface area contributed by atoms with E-state index in [1.807, 2.05) is 13.8 Å². The quantitative estimate of drug-likeness (QED) is 0.584. The molecule has 1 aliphatic rings. The zero-order valence-corrected chi connectivity index (χ0v) is 7.91. The first-order chi connectivity index (χ1) is 6.09. The van der Waals surface area contributed by atoms with Crippen LogP contribution in [0.2, 0.25) is 0 Å². The number of hydrogen-bond acceptors (Lipinski definition) is 3. The van der Waals surface area contributed by atoms with E-state index in [0.717, 1.165) is 0 Å². The topological polar surface area (TPSA) is 70.6 Å². The van der Waals surface area contributed by atoms with Gasteiger partial charge in [-0.1, -0.05) is 0 Å². The molecule has 1 aliphatic heterocycles. The van der Waals surface area contributed by atoms with Gasteiger partial charge in [0.2, 0.25) is 0 Å². The second-order valence-corrected chi connectivity index (χ2v) is 3.44. The van der Waals surface area contributed by atoms with Gasteiger partial charge < -0.3 is 20.5 Å². The number of rotatable bonds is 3. The molecule has 0 unspecified atom stereocenters. The summed E-state index contributed by atoms with van der Waals surface area (Å²) in [5.74, 6) is 0. The fourth-order valence-electron chi connectivity index (χ4n) is 1.45. The maximum Gasteiger partial charge on any atom is 0.405 e. The molecule has 1 rings (SSSR count). The Kier molecular flexibility index (Phi) is 3.50. The molecule has 0 bridgehead atoms. The highest BCUT2D eigenvalue weighted by Gasteiger charge is 2.29. The minimum absolute atomic E-state index is 0.0453. The van der Waals surface area contributed by atoms with Gasteiger partial charge in [0, 0.05) is 13.1 Å². The standard InChI is InChI=1S/C8H16N2O3/c1-5(2)13-7-4-9-3-6(7)10-8(11)12/h5-7,9-10H,3-4H2,1-2H3,(H,11,12)/t6-,7-/m0/s1. The Balaban J connectivity index is 2.39. The van der Waals surface area contributed by atoms with Gasteiger partial charge in [-0.15, -0.1) is 0 Å². The molecule has 1 amide bonds. The van der Waals surface area contributed by atoms with Crippen molar-refractivity contribution in [2.75, 3.05) is 13.1 Å². The number of nitrogens with one attached hydrogen (secondary N) is 2. The van der Waals surface area contributed by atoms with Crippen LogP contribution in [0.25, 0.3) is 0 Å². The smallest absolute Gasteiger partial charge is 0.405 e. The van der Waals surface area contributed by atoms with Crippen molar-refractivity contribution in [3.05, 3.63) is 0 Å². The van der Waals surface area contributed by atoms with Crippen LogP contribution in [0.5, 0.6) is 0 Å². The third-order valence-electron chi connectivity index (χ3n) is 1.91. The summed E-state index contributed by atoms with van der Waals surface area (Å²) in [7, 11) is 0. The molecule has 0 spiro atoms. The van der Waals surface area contributed by atoms with Gasteiger partial charge in [0.15, 0.2) is 0 Å². The van der Waals surface area contributed by atoms with Crippen molar-refractivity contribution in [1.29, 1.82) is 0 Å². The van der Waals surface area contributed by atoms with E-state index < -0.39 is 6.09 Å². The predicted molar refractivity (Wildman–Crippen MR) is 47.8 cm³/mol. The molecular formula is C8H16N2O3. The van der Waals surface area contributed by atoms with Gasteiger partial charge in [-0.2, -0.15) is 0 Å². The summed E-state index contributed by atoms with van der Waals surface area (Å²) < 4.78 is 5.54. The second-order valence-electron chi connectivity index (χ2n) is 3.44. The first-order valence-corrected chi connectivity index (χ1v) is 4.45. The molecule has 5 heteroatoms. The lowest BCUT2D eigenvalue weighted by atomic mass is 10.2. The number of hydrogen-bond donors (Lipinski definition) is 3. The van der Waals surface area contributed by atoms with E-state index in [1.165, 1.54) is 0 Å². The van der Waals surface area contributed by atoms with Crippen LogP contribution in [0.3, 0.4) is 0 Å². The van der Waals surface area contributed by atoms with Crippen LogP contribution < -0.4 is 10.6 Å². The van der Waals surface area contributed by atoms with Crippen molar-refractivity contribution < 1.29 is 14.6 Å². The van der Waals surface area contributed by atoms with Crippen molar-refractivity contribution in [2.24, 2.45) is 0 Å². The van der Waals surface area contributed by atoms with Crippen molar-refractivity contribution in [3.63, 3.8) is 0 Å². The summed E-state index contributed by atoms with van der Waals surface area (Å²) in [6.45, 7) is 5.24. The summed E-state index contributed by atoms with van der Waals surface area (Å²) in [6.07, 6.45) is -0.912. The summed E-state index contributed by atoms with van der Waals surface area (Å²) in [5.41, 5.74) is 0. The molecule has 13 heavy (non-hydrogen) atoms. The molecule has 0 aromatic rings. The Hall–Kier alpha value is -0.810. The average Bonchev–Trinajstić information content (AvgIpc) is 2.34. The maximum atomic E-state index is 10.4. The molecule has 1 heterocycles. The minimum atomic E-state index is -0.994. The molecule has 3 N–H and O–H groups in total. The summed E-state index contributed by atoms with van der Waals surface area (Å²) in [6, 6.07) is -0.125. The number of carboxylic acid groups (broad SMARTS) is 1. The lowest BCUT2D eigenvalue weighted by molar-refractivity contribution is 0.00629. The van der Waals surface area contributed by atoms with E-state index in [9.17, 15) is 4.79 Å². The van der Waals surface area contributed by atoms with Crippen LogP contribution in [0.4, 0.5) is 4.79 Å². The molecule has 2 atom stereocenters. The van der Waals surface area contributed by atoms with E-state index in [-0.39, 0.29) is 18.2 Å². The number of amides is 1. The largest absolute Gasteiger partial charge is 0.465 e. The van der Waals surface area contributed by atoms with E-state index >= 15 is 0 Å². The monoisotopic (exact) mass is 188 g/mol.